The van der Waals surface area contributed by atoms with Crippen molar-refractivity contribution in [1.29, 1.82) is 0 Å². The van der Waals surface area contributed by atoms with Gasteiger partial charge in [0, 0.05) is 15.9 Å². The molecule has 0 aromatic heterocycles. The standard InChI is InChI=1S/C8H7Br2NO2/c1-5-2-3-7(11(12)13)6(4-9)8(5)10/h2-3H,4H2,1H3. The number of alkyl halides is 1. The van der Waals surface area contributed by atoms with Crippen LogP contribution in [0.5, 0.6) is 0 Å². The number of rotatable bonds is 2. The third kappa shape index (κ3) is 2.08. The molecule has 0 spiro atoms. The highest BCUT2D eigenvalue weighted by Crippen LogP contribution is 2.31. The van der Waals surface area contributed by atoms with Crippen LogP contribution in [0.4, 0.5) is 5.69 Å². The Hall–Kier alpha value is -0.420. The predicted octanol–water partition coefficient (Wildman–Crippen LogP) is 3.56. The largest absolute Gasteiger partial charge is 0.274 e. The highest BCUT2D eigenvalue weighted by Gasteiger charge is 2.16. The van der Waals surface area contributed by atoms with Crippen molar-refractivity contribution in [2.75, 3.05) is 0 Å². The number of nitro benzene ring substituents is 1. The van der Waals surface area contributed by atoms with E-state index < -0.39 is 0 Å². The summed E-state index contributed by atoms with van der Waals surface area (Å²) < 4.78 is 0.804. The lowest BCUT2D eigenvalue weighted by Crippen LogP contribution is -1.95. The van der Waals surface area contributed by atoms with E-state index in [4.69, 9.17) is 0 Å². The number of nitro groups is 1. The minimum absolute atomic E-state index is 0.148. The fourth-order valence-corrected chi connectivity index (χ4v) is 2.45. The maximum Gasteiger partial charge on any atom is 0.274 e. The van der Waals surface area contributed by atoms with Gasteiger partial charge in [-0.05, 0) is 28.4 Å². The molecule has 1 aromatic carbocycles. The lowest BCUT2D eigenvalue weighted by molar-refractivity contribution is -0.385. The van der Waals surface area contributed by atoms with Crippen LogP contribution in [-0.4, -0.2) is 4.92 Å². The Balaban J connectivity index is 3.38. The normalized spacial score (nSPS) is 10.1. The van der Waals surface area contributed by atoms with E-state index in [1.54, 1.807) is 6.07 Å². The van der Waals surface area contributed by atoms with Crippen molar-refractivity contribution in [2.45, 2.75) is 12.3 Å². The predicted molar refractivity (Wildman–Crippen MR) is 58.2 cm³/mol. The van der Waals surface area contributed by atoms with Crippen LogP contribution in [0.15, 0.2) is 16.6 Å². The molecule has 0 radical (unpaired) electrons. The molecule has 0 unspecified atom stereocenters. The average Bonchev–Trinajstić information content (AvgIpc) is 2.09. The maximum atomic E-state index is 10.6. The molecule has 0 aliphatic rings. The summed E-state index contributed by atoms with van der Waals surface area (Å²) in [5.74, 6) is 0. The van der Waals surface area contributed by atoms with Crippen LogP contribution >= 0.6 is 31.9 Å². The minimum atomic E-state index is -0.374. The van der Waals surface area contributed by atoms with Crippen molar-refractivity contribution < 1.29 is 4.92 Å². The second-order valence-corrected chi connectivity index (χ2v) is 3.94. The Kier molecular flexibility index (Phi) is 3.44. The fourth-order valence-electron chi connectivity index (χ4n) is 1.03. The van der Waals surface area contributed by atoms with Gasteiger partial charge in [-0.1, -0.05) is 22.0 Å². The Morgan fingerprint density at radius 1 is 1.54 bits per heavy atom. The monoisotopic (exact) mass is 307 g/mol. The lowest BCUT2D eigenvalue weighted by atomic mass is 10.1. The molecule has 1 rings (SSSR count). The summed E-state index contributed by atoms with van der Waals surface area (Å²) in [6.45, 7) is 1.90. The first-order valence-electron chi connectivity index (χ1n) is 3.56. The van der Waals surface area contributed by atoms with Gasteiger partial charge in [0.05, 0.1) is 10.5 Å². The maximum absolute atomic E-state index is 10.6. The molecule has 0 saturated heterocycles. The van der Waals surface area contributed by atoms with Crippen LogP contribution in [0.2, 0.25) is 0 Å². The molecule has 0 aliphatic heterocycles. The first-order chi connectivity index (χ1) is 6.07. The summed E-state index contributed by atoms with van der Waals surface area (Å²) in [6.07, 6.45) is 0. The van der Waals surface area contributed by atoms with Crippen LogP contribution in [-0.2, 0) is 5.33 Å². The van der Waals surface area contributed by atoms with Gasteiger partial charge in [0.2, 0.25) is 0 Å². The summed E-state index contributed by atoms with van der Waals surface area (Å²) in [5.41, 5.74) is 1.83. The molecule has 0 bridgehead atoms. The number of hydrogen-bond donors (Lipinski definition) is 0. The van der Waals surface area contributed by atoms with E-state index in [1.807, 2.05) is 6.92 Å². The Morgan fingerprint density at radius 2 is 2.15 bits per heavy atom. The molecule has 3 nitrogen and oxygen atoms in total. The van der Waals surface area contributed by atoms with E-state index in [1.165, 1.54) is 6.07 Å². The fraction of sp³-hybridized carbons (Fsp3) is 0.250. The van der Waals surface area contributed by atoms with Gasteiger partial charge in [-0.3, -0.25) is 10.1 Å². The molecule has 0 aliphatic carbocycles. The number of halogens is 2. The molecule has 1 aromatic rings. The van der Waals surface area contributed by atoms with Gasteiger partial charge in [-0.25, -0.2) is 0 Å². The van der Waals surface area contributed by atoms with Crippen LogP contribution in [0.3, 0.4) is 0 Å². The van der Waals surface area contributed by atoms with E-state index in [-0.39, 0.29) is 10.6 Å². The molecule has 0 heterocycles. The Labute approximate surface area is 92.5 Å². The van der Waals surface area contributed by atoms with Crippen molar-refractivity contribution in [3.8, 4) is 0 Å². The molecule has 70 valence electrons. The minimum Gasteiger partial charge on any atom is -0.258 e. The highest BCUT2D eigenvalue weighted by atomic mass is 79.9. The smallest absolute Gasteiger partial charge is 0.258 e. The Bertz CT molecular complexity index is 352. The molecule has 13 heavy (non-hydrogen) atoms. The summed E-state index contributed by atoms with van der Waals surface area (Å²) >= 11 is 6.55. The van der Waals surface area contributed by atoms with Crippen molar-refractivity contribution in [1.82, 2.24) is 0 Å². The van der Waals surface area contributed by atoms with Crippen LogP contribution < -0.4 is 0 Å². The van der Waals surface area contributed by atoms with Crippen molar-refractivity contribution >= 4 is 37.5 Å². The van der Waals surface area contributed by atoms with Crippen LogP contribution in [0.25, 0.3) is 0 Å². The topological polar surface area (TPSA) is 43.1 Å². The first kappa shape index (κ1) is 10.7. The number of hydrogen-bond acceptors (Lipinski definition) is 2. The van der Waals surface area contributed by atoms with E-state index in [2.05, 4.69) is 31.9 Å². The molecular formula is C8H7Br2NO2. The second-order valence-electron chi connectivity index (χ2n) is 2.58. The van der Waals surface area contributed by atoms with Gasteiger partial charge < -0.3 is 0 Å². The summed E-state index contributed by atoms with van der Waals surface area (Å²) in [7, 11) is 0. The van der Waals surface area contributed by atoms with E-state index >= 15 is 0 Å². The van der Waals surface area contributed by atoms with Crippen molar-refractivity contribution in [3.05, 3.63) is 37.8 Å². The van der Waals surface area contributed by atoms with Gasteiger partial charge in [-0.15, -0.1) is 0 Å². The van der Waals surface area contributed by atoms with Gasteiger partial charge in [0.15, 0.2) is 0 Å². The van der Waals surface area contributed by atoms with E-state index in [0.29, 0.717) is 10.9 Å². The van der Waals surface area contributed by atoms with Crippen LogP contribution in [0.1, 0.15) is 11.1 Å². The molecule has 0 N–H and O–H groups in total. The molecule has 0 atom stereocenters. The summed E-state index contributed by atoms with van der Waals surface area (Å²) in [5, 5.41) is 11.1. The SMILES string of the molecule is Cc1ccc([N+](=O)[O-])c(CBr)c1Br. The third-order valence-corrected chi connectivity index (χ3v) is 3.41. The van der Waals surface area contributed by atoms with E-state index in [0.717, 1.165) is 10.0 Å². The first-order valence-corrected chi connectivity index (χ1v) is 5.47. The molecule has 0 saturated carbocycles. The van der Waals surface area contributed by atoms with Gasteiger partial charge in [0.25, 0.3) is 5.69 Å². The summed E-state index contributed by atoms with van der Waals surface area (Å²) in [6, 6.07) is 3.26. The summed E-state index contributed by atoms with van der Waals surface area (Å²) in [4.78, 5) is 10.2. The average molecular weight is 309 g/mol. The van der Waals surface area contributed by atoms with Crippen molar-refractivity contribution in [2.24, 2.45) is 0 Å². The molecular weight excluding hydrogens is 302 g/mol. The zero-order chi connectivity index (χ0) is 10.0. The number of benzene rings is 1. The highest BCUT2D eigenvalue weighted by molar-refractivity contribution is 9.10. The molecule has 0 amide bonds. The number of nitrogens with zero attached hydrogens (tertiary/aromatic N) is 1. The molecule has 0 fully saturated rings. The van der Waals surface area contributed by atoms with Crippen LogP contribution in [0, 0.1) is 17.0 Å². The lowest BCUT2D eigenvalue weighted by Gasteiger charge is -2.04. The van der Waals surface area contributed by atoms with Gasteiger partial charge in [0.1, 0.15) is 0 Å². The third-order valence-electron chi connectivity index (χ3n) is 1.74. The number of aryl methyl sites for hydroxylation is 1. The van der Waals surface area contributed by atoms with Gasteiger partial charge >= 0.3 is 0 Å². The molecule has 5 heteroatoms. The van der Waals surface area contributed by atoms with Crippen molar-refractivity contribution in [3.63, 3.8) is 0 Å². The zero-order valence-electron chi connectivity index (χ0n) is 6.88. The Morgan fingerprint density at radius 3 is 2.62 bits per heavy atom. The van der Waals surface area contributed by atoms with Gasteiger partial charge in [-0.2, -0.15) is 0 Å². The second kappa shape index (κ2) is 4.19. The van der Waals surface area contributed by atoms with E-state index in [9.17, 15) is 10.1 Å². The quantitative estimate of drug-likeness (QED) is 0.476. The zero-order valence-corrected chi connectivity index (χ0v) is 10.1.